The highest BCUT2D eigenvalue weighted by atomic mass is 32.2. The summed E-state index contributed by atoms with van der Waals surface area (Å²) in [6.07, 6.45) is 4.03. The Morgan fingerprint density at radius 1 is 0.878 bits per heavy atom. The number of hydrogen-bond acceptors (Lipinski definition) is 6. The second-order valence-corrected chi connectivity index (χ2v) is 15.4. The summed E-state index contributed by atoms with van der Waals surface area (Å²) in [6, 6.07) is 7.71. The average Bonchev–Trinajstić information content (AvgIpc) is 3.43. The van der Waals surface area contributed by atoms with Crippen molar-refractivity contribution < 1.29 is 30.0 Å². The van der Waals surface area contributed by atoms with E-state index in [0.29, 0.717) is 25.9 Å². The van der Waals surface area contributed by atoms with Crippen LogP contribution in [0.4, 0.5) is 18.9 Å². The average molecular weight is 615 g/mol. The summed E-state index contributed by atoms with van der Waals surface area (Å²) in [5, 5.41) is 0. The van der Waals surface area contributed by atoms with Gasteiger partial charge in [0.2, 0.25) is 20.0 Å². The summed E-state index contributed by atoms with van der Waals surface area (Å²) in [7, 11) is -7.89. The predicted molar refractivity (Wildman–Crippen MR) is 150 cm³/mol. The van der Waals surface area contributed by atoms with Gasteiger partial charge in [0.1, 0.15) is 0 Å². The Bertz CT molecular complexity index is 1400. The lowest BCUT2D eigenvalue weighted by Gasteiger charge is -2.47. The van der Waals surface area contributed by atoms with Gasteiger partial charge < -0.3 is 4.90 Å². The van der Waals surface area contributed by atoms with Gasteiger partial charge >= 0.3 is 6.18 Å². The van der Waals surface area contributed by atoms with Crippen molar-refractivity contribution in [1.82, 2.24) is 13.6 Å². The van der Waals surface area contributed by atoms with Crippen molar-refractivity contribution in [1.29, 1.82) is 0 Å². The molecule has 0 bridgehead atoms. The number of anilines is 1. The summed E-state index contributed by atoms with van der Waals surface area (Å²) in [5.74, 6) is -0.0979. The van der Waals surface area contributed by atoms with Gasteiger partial charge in [-0.05, 0) is 81.0 Å². The highest BCUT2D eigenvalue weighted by molar-refractivity contribution is 7.89. The van der Waals surface area contributed by atoms with Gasteiger partial charge in [-0.25, -0.2) is 21.1 Å². The Kier molecular flexibility index (Phi) is 8.71. The monoisotopic (exact) mass is 614 g/mol. The highest BCUT2D eigenvalue weighted by Gasteiger charge is 2.43. The van der Waals surface area contributed by atoms with Crippen LogP contribution in [-0.4, -0.2) is 74.9 Å². The maximum Gasteiger partial charge on any atom is 0.417 e. The molecule has 3 saturated heterocycles. The van der Waals surface area contributed by atoms with Gasteiger partial charge in [0.25, 0.3) is 0 Å². The Hall–Kier alpha value is -2.22. The van der Waals surface area contributed by atoms with Crippen LogP contribution in [0.5, 0.6) is 0 Å². The molecule has 1 unspecified atom stereocenters. The zero-order chi connectivity index (χ0) is 29.3. The summed E-state index contributed by atoms with van der Waals surface area (Å²) in [4.78, 5) is 5.68. The molecule has 1 spiro atoms. The first kappa shape index (κ1) is 30.2. The summed E-state index contributed by atoms with van der Waals surface area (Å²) in [6.45, 7) is 2.96. The number of alkyl halides is 3. The summed E-state index contributed by atoms with van der Waals surface area (Å²) >= 11 is 0. The predicted octanol–water partition coefficient (Wildman–Crippen LogP) is 4.75. The molecule has 5 rings (SSSR count). The first-order chi connectivity index (χ1) is 19.4. The van der Waals surface area contributed by atoms with E-state index in [-0.39, 0.29) is 30.6 Å². The number of sulfonamides is 2. The Morgan fingerprint density at radius 2 is 1.51 bits per heavy atom. The van der Waals surface area contributed by atoms with Crippen LogP contribution >= 0.6 is 0 Å². The Balaban J connectivity index is 1.14. The van der Waals surface area contributed by atoms with E-state index >= 15 is 0 Å². The van der Waals surface area contributed by atoms with Crippen LogP contribution < -0.4 is 4.90 Å². The molecule has 8 nitrogen and oxygen atoms in total. The van der Waals surface area contributed by atoms with Crippen molar-refractivity contribution in [2.24, 2.45) is 5.41 Å². The van der Waals surface area contributed by atoms with Gasteiger partial charge in [-0.2, -0.15) is 17.5 Å². The fourth-order valence-electron chi connectivity index (χ4n) is 6.63. The third-order valence-corrected chi connectivity index (χ3v) is 13.0. The Labute approximate surface area is 240 Å². The molecule has 4 heterocycles. The molecule has 0 saturated carbocycles. The van der Waals surface area contributed by atoms with E-state index in [1.54, 1.807) is 16.7 Å². The number of hydrogen-bond donors (Lipinski definition) is 0. The fourth-order valence-corrected chi connectivity index (χ4v) is 10.1. The molecule has 1 aromatic heterocycles. The molecular formula is C28H37F3N4O4S2. The van der Waals surface area contributed by atoms with Crippen molar-refractivity contribution in [3.8, 4) is 0 Å². The first-order valence-electron chi connectivity index (χ1n) is 14.2. The second-order valence-electron chi connectivity index (χ2n) is 11.5. The molecule has 226 valence electrons. The van der Waals surface area contributed by atoms with Gasteiger partial charge in [0.15, 0.2) is 0 Å². The number of piperidine rings is 2. The van der Waals surface area contributed by atoms with Gasteiger partial charge in [-0.15, -0.1) is 0 Å². The van der Waals surface area contributed by atoms with Gasteiger partial charge in [-0.3, -0.25) is 4.98 Å². The largest absolute Gasteiger partial charge is 0.417 e. The quantitative estimate of drug-likeness (QED) is 0.427. The highest BCUT2D eigenvalue weighted by Crippen LogP contribution is 2.43. The molecule has 0 N–H and O–H groups in total. The van der Waals surface area contributed by atoms with Crippen molar-refractivity contribution in [3.63, 3.8) is 0 Å². The number of aromatic nitrogens is 1. The number of pyridine rings is 1. The lowest BCUT2D eigenvalue weighted by molar-refractivity contribution is -0.139. The molecule has 3 fully saturated rings. The van der Waals surface area contributed by atoms with Gasteiger partial charge in [0.05, 0.1) is 16.2 Å². The lowest BCUT2D eigenvalue weighted by atomic mass is 9.71. The zero-order valence-electron chi connectivity index (χ0n) is 23.0. The van der Waals surface area contributed by atoms with Crippen LogP contribution in [-0.2, 0) is 26.2 Å². The maximum absolute atomic E-state index is 13.5. The number of rotatable bonds is 8. The minimum absolute atomic E-state index is 0.0979. The van der Waals surface area contributed by atoms with Crippen LogP contribution in [0.25, 0.3) is 0 Å². The molecule has 3 aliphatic heterocycles. The molecular weight excluding hydrogens is 577 g/mol. The van der Waals surface area contributed by atoms with E-state index in [4.69, 9.17) is 0 Å². The SMILES string of the molecule is O=S(=O)(CCCC1CCCN1S(=O)(=O)c1ccccc1C(F)(F)F)N1CCC2(CCN(c3ccncc3)CC2)CC1. The third-order valence-electron chi connectivity index (χ3n) is 9.07. The number of halogens is 3. The number of nitrogens with zero attached hydrogens (tertiary/aromatic N) is 4. The maximum atomic E-state index is 13.5. The van der Waals surface area contributed by atoms with Crippen LogP contribution in [0.15, 0.2) is 53.7 Å². The molecule has 13 heteroatoms. The standard InChI is InChI=1S/C28H37F3N4O4S2/c29-28(30,31)25-7-1-2-8-26(25)41(38,39)35-17-3-5-24(35)6-4-22-40(36,37)34-20-13-27(14-21-34)11-18-33(19-12-27)23-9-15-32-16-10-23/h1-2,7-10,15-16,24H,3-6,11-14,17-22H2. The molecule has 0 amide bonds. The minimum Gasteiger partial charge on any atom is -0.371 e. The molecule has 0 aliphatic carbocycles. The first-order valence-corrected chi connectivity index (χ1v) is 17.3. The van der Waals surface area contributed by atoms with Crippen molar-refractivity contribution in [2.75, 3.05) is 43.4 Å². The van der Waals surface area contributed by atoms with E-state index in [2.05, 4.69) is 9.88 Å². The van der Waals surface area contributed by atoms with Crippen LogP contribution in [0.3, 0.4) is 0 Å². The Morgan fingerprint density at radius 3 is 2.17 bits per heavy atom. The molecule has 1 atom stereocenters. The van der Waals surface area contributed by atoms with Gasteiger partial charge in [-0.1, -0.05) is 12.1 Å². The summed E-state index contributed by atoms with van der Waals surface area (Å²) < 4.78 is 96.1. The lowest BCUT2D eigenvalue weighted by Crippen LogP contribution is -2.48. The molecule has 1 aromatic carbocycles. The zero-order valence-corrected chi connectivity index (χ0v) is 24.6. The molecule has 2 aromatic rings. The molecule has 0 radical (unpaired) electrons. The van der Waals surface area contributed by atoms with E-state index in [0.717, 1.165) is 60.9 Å². The normalized spacial score (nSPS) is 22.8. The molecule has 3 aliphatic rings. The smallest absolute Gasteiger partial charge is 0.371 e. The van der Waals surface area contributed by atoms with E-state index in [9.17, 15) is 30.0 Å². The van der Waals surface area contributed by atoms with E-state index in [1.807, 2.05) is 12.1 Å². The fraction of sp³-hybridized carbons (Fsp3) is 0.607. The van der Waals surface area contributed by atoms with E-state index in [1.165, 1.54) is 12.1 Å². The third kappa shape index (κ3) is 6.57. The molecule has 41 heavy (non-hydrogen) atoms. The summed E-state index contributed by atoms with van der Waals surface area (Å²) in [5.41, 5.74) is 0.133. The minimum atomic E-state index is -4.80. The van der Waals surface area contributed by atoms with Gasteiger partial charge in [0, 0.05) is 56.8 Å². The van der Waals surface area contributed by atoms with Crippen molar-refractivity contribution in [2.45, 2.75) is 68.5 Å². The van der Waals surface area contributed by atoms with Crippen molar-refractivity contribution in [3.05, 3.63) is 54.4 Å². The van der Waals surface area contributed by atoms with Crippen LogP contribution in [0.2, 0.25) is 0 Å². The number of benzene rings is 1. The van der Waals surface area contributed by atoms with E-state index < -0.39 is 42.7 Å². The van der Waals surface area contributed by atoms with Crippen molar-refractivity contribution >= 4 is 25.7 Å². The second kappa shape index (κ2) is 11.8. The topological polar surface area (TPSA) is 90.9 Å². The van der Waals surface area contributed by atoms with Crippen LogP contribution in [0, 0.1) is 5.41 Å². The van der Waals surface area contributed by atoms with Crippen LogP contribution in [0.1, 0.15) is 56.9 Å².